The van der Waals surface area contributed by atoms with Crippen LogP contribution >= 0.6 is 11.3 Å². The van der Waals surface area contributed by atoms with Crippen LogP contribution in [0.25, 0.3) is 6.08 Å². The van der Waals surface area contributed by atoms with Crippen LogP contribution in [0.5, 0.6) is 23.0 Å². The number of anilines is 1. The maximum absolute atomic E-state index is 12.7. The van der Waals surface area contributed by atoms with Crippen molar-refractivity contribution in [3.05, 3.63) is 58.6 Å². The van der Waals surface area contributed by atoms with Gasteiger partial charge in [-0.15, -0.1) is 10.2 Å². The number of carbonyl (C=O) groups excluding carboxylic acids is 1. The fourth-order valence-electron chi connectivity index (χ4n) is 4.16. The van der Waals surface area contributed by atoms with Crippen molar-refractivity contribution in [1.29, 1.82) is 5.26 Å². The predicted molar refractivity (Wildman–Crippen MR) is 145 cm³/mol. The van der Waals surface area contributed by atoms with E-state index in [1.807, 2.05) is 30.3 Å². The zero-order chi connectivity index (χ0) is 26.7. The van der Waals surface area contributed by atoms with Gasteiger partial charge in [0.1, 0.15) is 41.4 Å². The van der Waals surface area contributed by atoms with Gasteiger partial charge >= 0.3 is 0 Å². The summed E-state index contributed by atoms with van der Waals surface area (Å²) >= 11 is 1.38. The first-order valence-electron chi connectivity index (χ1n) is 12.4. The minimum absolute atomic E-state index is 0.0528. The number of carbonyl (C=O) groups is 1. The molecule has 0 atom stereocenters. The average molecular weight is 535 g/mol. The van der Waals surface area contributed by atoms with Gasteiger partial charge in [0.2, 0.25) is 5.13 Å². The molecule has 1 aromatic heterocycles. The van der Waals surface area contributed by atoms with Crippen LogP contribution in [0.15, 0.2) is 48.0 Å². The van der Waals surface area contributed by atoms with Crippen LogP contribution in [-0.4, -0.2) is 43.5 Å². The molecule has 1 fully saturated rings. The highest BCUT2D eigenvalue weighted by atomic mass is 32.1. The number of nitrogens with one attached hydrogen (secondary N) is 1. The molecule has 0 aliphatic heterocycles. The van der Waals surface area contributed by atoms with Gasteiger partial charge in [0.05, 0.1) is 14.2 Å². The summed E-state index contributed by atoms with van der Waals surface area (Å²) < 4.78 is 22.1. The Kier molecular flexibility index (Phi) is 9.54. The summed E-state index contributed by atoms with van der Waals surface area (Å²) in [4.78, 5) is 12.7. The molecule has 1 aliphatic rings. The highest BCUT2D eigenvalue weighted by Gasteiger charge is 2.21. The number of benzene rings is 2. The summed E-state index contributed by atoms with van der Waals surface area (Å²) in [5.74, 6) is 2.34. The Morgan fingerprint density at radius 1 is 1.00 bits per heavy atom. The molecular formula is C28H30N4O5S. The molecule has 4 rings (SSSR count). The third-order valence-corrected chi connectivity index (χ3v) is 7.15. The first-order chi connectivity index (χ1) is 18.6. The molecule has 9 nitrogen and oxygen atoms in total. The normalized spacial score (nSPS) is 13.9. The molecule has 0 bridgehead atoms. The third-order valence-electron chi connectivity index (χ3n) is 6.15. The van der Waals surface area contributed by atoms with Crippen LogP contribution in [-0.2, 0) is 4.79 Å². The lowest BCUT2D eigenvalue weighted by molar-refractivity contribution is -0.112. The largest absolute Gasteiger partial charge is 0.497 e. The molecule has 198 valence electrons. The second-order valence-electron chi connectivity index (χ2n) is 8.69. The van der Waals surface area contributed by atoms with Crippen LogP contribution in [0, 0.1) is 11.3 Å². The number of methoxy groups -OCH3 is 2. The molecule has 0 saturated heterocycles. The second kappa shape index (κ2) is 13.4. The van der Waals surface area contributed by atoms with Crippen molar-refractivity contribution in [1.82, 2.24) is 10.2 Å². The molecular weight excluding hydrogens is 504 g/mol. The number of aromatic nitrogens is 2. The summed E-state index contributed by atoms with van der Waals surface area (Å²) in [6, 6.07) is 14.4. The zero-order valence-corrected chi connectivity index (χ0v) is 22.3. The topological polar surface area (TPSA) is 116 Å². The van der Waals surface area contributed by atoms with E-state index in [4.69, 9.17) is 18.9 Å². The number of rotatable bonds is 11. The van der Waals surface area contributed by atoms with Crippen molar-refractivity contribution < 1.29 is 23.7 Å². The molecule has 0 radical (unpaired) electrons. The van der Waals surface area contributed by atoms with Crippen molar-refractivity contribution in [2.45, 2.75) is 38.0 Å². The van der Waals surface area contributed by atoms with Crippen molar-refractivity contribution in [3.63, 3.8) is 0 Å². The van der Waals surface area contributed by atoms with E-state index in [0.717, 1.165) is 23.6 Å². The second-order valence-corrected chi connectivity index (χ2v) is 9.70. The molecule has 1 heterocycles. The van der Waals surface area contributed by atoms with Gasteiger partial charge in [-0.05, 0) is 60.9 Å². The summed E-state index contributed by atoms with van der Waals surface area (Å²) in [5, 5.41) is 22.0. The van der Waals surface area contributed by atoms with Gasteiger partial charge in [0, 0.05) is 5.92 Å². The Bertz CT molecular complexity index is 1290. The Balaban J connectivity index is 1.34. The highest BCUT2D eigenvalue weighted by Crippen LogP contribution is 2.35. The van der Waals surface area contributed by atoms with Gasteiger partial charge in [0.15, 0.2) is 11.5 Å². The van der Waals surface area contributed by atoms with E-state index < -0.39 is 5.91 Å². The minimum Gasteiger partial charge on any atom is -0.497 e. The molecule has 2 aromatic carbocycles. The number of ether oxygens (including phenoxy) is 4. The lowest BCUT2D eigenvalue weighted by atomic mass is 9.90. The quantitative estimate of drug-likeness (QED) is 0.192. The first-order valence-corrected chi connectivity index (χ1v) is 13.3. The summed E-state index contributed by atoms with van der Waals surface area (Å²) in [6.07, 6.45) is 7.34. The molecule has 0 spiro atoms. The number of hydrogen-bond acceptors (Lipinski definition) is 9. The molecule has 1 saturated carbocycles. The van der Waals surface area contributed by atoms with Gasteiger partial charge in [-0.25, -0.2) is 0 Å². The van der Waals surface area contributed by atoms with E-state index >= 15 is 0 Å². The standard InChI is InChI=1S/C28H30N4O5S/c1-34-22-9-11-23(12-10-22)36-14-15-37-24-13-8-19(17-25(24)35-2)16-21(18-29)26(33)30-28-32-31-27(38-28)20-6-4-3-5-7-20/h8-13,16-17,20H,3-7,14-15H2,1-2H3,(H,30,32,33)/b21-16-. The van der Waals surface area contributed by atoms with Gasteiger partial charge in [-0.2, -0.15) is 5.26 Å². The van der Waals surface area contributed by atoms with E-state index in [-0.39, 0.29) is 5.57 Å². The molecule has 38 heavy (non-hydrogen) atoms. The number of hydrogen-bond donors (Lipinski definition) is 1. The SMILES string of the molecule is COc1ccc(OCCOc2ccc(/C=C(/C#N)C(=O)Nc3nnc(C4CCCCC4)s3)cc2OC)cc1. The van der Waals surface area contributed by atoms with E-state index in [9.17, 15) is 10.1 Å². The van der Waals surface area contributed by atoms with Crippen LogP contribution in [0.3, 0.4) is 0 Å². The molecule has 0 unspecified atom stereocenters. The Morgan fingerprint density at radius 3 is 2.45 bits per heavy atom. The van der Waals surface area contributed by atoms with Gasteiger partial charge in [-0.3, -0.25) is 10.1 Å². The maximum atomic E-state index is 12.7. The average Bonchev–Trinajstić information content (AvgIpc) is 3.43. The van der Waals surface area contributed by atoms with Gasteiger partial charge in [0.25, 0.3) is 5.91 Å². The molecule has 1 N–H and O–H groups in total. The molecule has 10 heteroatoms. The van der Waals surface area contributed by atoms with Crippen molar-refractivity contribution in [2.24, 2.45) is 0 Å². The molecule has 1 amide bonds. The summed E-state index contributed by atoms with van der Waals surface area (Å²) in [7, 11) is 3.14. The van der Waals surface area contributed by atoms with E-state index in [0.29, 0.717) is 47.1 Å². The number of amides is 1. The highest BCUT2D eigenvalue weighted by molar-refractivity contribution is 7.15. The Labute approximate surface area is 226 Å². The zero-order valence-electron chi connectivity index (χ0n) is 21.4. The van der Waals surface area contributed by atoms with Gasteiger partial charge < -0.3 is 18.9 Å². The molecule has 1 aliphatic carbocycles. The van der Waals surface area contributed by atoms with Crippen LogP contribution in [0.2, 0.25) is 0 Å². The van der Waals surface area contributed by atoms with Crippen molar-refractivity contribution >= 4 is 28.5 Å². The summed E-state index contributed by atoms with van der Waals surface area (Å²) in [6.45, 7) is 0.637. The monoisotopic (exact) mass is 534 g/mol. The maximum Gasteiger partial charge on any atom is 0.268 e. The number of nitriles is 1. The third kappa shape index (κ3) is 7.23. The van der Waals surface area contributed by atoms with Crippen LogP contribution < -0.4 is 24.3 Å². The van der Waals surface area contributed by atoms with Crippen molar-refractivity contribution in [2.75, 3.05) is 32.8 Å². The predicted octanol–water partition coefficient (Wildman–Crippen LogP) is 5.61. The van der Waals surface area contributed by atoms with E-state index in [1.54, 1.807) is 25.3 Å². The lowest BCUT2D eigenvalue weighted by Gasteiger charge is -2.18. The lowest BCUT2D eigenvalue weighted by Crippen LogP contribution is -2.13. The smallest absolute Gasteiger partial charge is 0.268 e. The Morgan fingerprint density at radius 2 is 1.74 bits per heavy atom. The number of nitrogens with zero attached hydrogens (tertiary/aromatic N) is 3. The van der Waals surface area contributed by atoms with Crippen LogP contribution in [0.4, 0.5) is 5.13 Å². The van der Waals surface area contributed by atoms with E-state index in [2.05, 4.69) is 15.5 Å². The fourth-order valence-corrected chi connectivity index (χ4v) is 5.06. The Hall–Kier alpha value is -4.10. The van der Waals surface area contributed by atoms with Crippen molar-refractivity contribution in [3.8, 4) is 29.1 Å². The summed E-state index contributed by atoms with van der Waals surface area (Å²) in [5.41, 5.74) is 0.568. The van der Waals surface area contributed by atoms with Gasteiger partial charge in [-0.1, -0.05) is 36.7 Å². The van der Waals surface area contributed by atoms with E-state index in [1.165, 1.54) is 43.8 Å². The minimum atomic E-state index is -0.534. The molecule has 3 aromatic rings. The van der Waals surface area contributed by atoms with Crippen LogP contribution in [0.1, 0.15) is 48.6 Å². The first kappa shape index (κ1) is 26.9. The fraction of sp³-hybridized carbons (Fsp3) is 0.357.